The summed E-state index contributed by atoms with van der Waals surface area (Å²) in [7, 11) is -0.456. The molecule has 10 atom stereocenters. The lowest BCUT2D eigenvalue weighted by molar-refractivity contribution is -0.173. The van der Waals surface area contributed by atoms with Crippen molar-refractivity contribution in [3.63, 3.8) is 0 Å². The zero-order valence-electron chi connectivity index (χ0n) is 24.5. The summed E-state index contributed by atoms with van der Waals surface area (Å²) >= 11 is 0. The maximum absolute atomic E-state index is 13.7. The number of allylic oxidation sites excluding steroid dienone is 4. The number of fused-ring (bicyclic) bond motifs is 7. The van der Waals surface area contributed by atoms with E-state index < -0.39 is 42.5 Å². The summed E-state index contributed by atoms with van der Waals surface area (Å²) in [5.41, 5.74) is -1.02. The van der Waals surface area contributed by atoms with Crippen molar-refractivity contribution in [3.8, 4) is 0 Å². The van der Waals surface area contributed by atoms with E-state index in [1.54, 1.807) is 12.2 Å². The van der Waals surface area contributed by atoms with Crippen molar-refractivity contribution >= 4 is 33.7 Å². The molecule has 4 fully saturated rings. The van der Waals surface area contributed by atoms with Gasteiger partial charge in [0.1, 0.15) is 18.5 Å². The van der Waals surface area contributed by atoms with Gasteiger partial charge in [0.25, 0.3) is 0 Å². The van der Waals surface area contributed by atoms with E-state index in [4.69, 9.17) is 18.7 Å². The lowest BCUT2D eigenvalue weighted by atomic mass is 9.46. The van der Waals surface area contributed by atoms with Gasteiger partial charge in [0.2, 0.25) is 0 Å². The number of esters is 1. The minimum absolute atomic E-state index is 0.0236. The number of nitrogens with zero attached hydrogens (tertiary/aromatic N) is 2. The van der Waals surface area contributed by atoms with Crippen LogP contribution < -0.4 is 0 Å². The standard InChI is InChI=1S/C30H40N2O8P2/c1-5-6-26-38-24-14-22-21-8-7-19-13-20(34)9-10-28(19,3)27(21)23(40-42(35,36)32-12-11-31-17-32)15-29(22,4)30(24,39-26)25(41)16-37-18(2)33/h9-13,17,21-24,26-27,41H,5-8,14-16H2,1-4H3,(H,35,36)/t21-,22-,23-,24+,26?,27+,28-,29-,30-/m0/s1. The van der Waals surface area contributed by atoms with Crippen molar-refractivity contribution in [2.75, 3.05) is 6.61 Å². The molecular weight excluding hydrogens is 578 g/mol. The zero-order chi connectivity index (χ0) is 30.1. The second-order valence-electron chi connectivity index (χ2n) is 12.9. The van der Waals surface area contributed by atoms with Gasteiger partial charge in [-0.2, -0.15) is 0 Å². The van der Waals surface area contributed by atoms with Crippen molar-refractivity contribution < 1.29 is 37.8 Å². The molecule has 0 amide bonds. The summed E-state index contributed by atoms with van der Waals surface area (Å²) in [4.78, 5) is 39.4. The number of hydrogen-bond donors (Lipinski definition) is 1. The molecule has 4 aliphatic carbocycles. The second kappa shape index (κ2) is 10.6. The van der Waals surface area contributed by atoms with E-state index in [0.717, 1.165) is 42.0 Å². The highest BCUT2D eigenvalue weighted by Gasteiger charge is 2.74. The summed E-state index contributed by atoms with van der Waals surface area (Å²) in [5, 5.41) is 0.691. The van der Waals surface area contributed by atoms with Gasteiger partial charge in [-0.3, -0.25) is 14.1 Å². The molecule has 0 spiro atoms. The molecule has 5 aliphatic rings. The Balaban J connectivity index is 1.46. The average molecular weight is 619 g/mol. The van der Waals surface area contributed by atoms with Gasteiger partial charge in [0.15, 0.2) is 12.1 Å². The van der Waals surface area contributed by atoms with Crippen LogP contribution in [-0.4, -0.2) is 62.0 Å². The number of carbonyl (C=O) groups is 2. The van der Waals surface area contributed by atoms with E-state index in [1.165, 1.54) is 25.6 Å². The maximum atomic E-state index is 13.7. The Morgan fingerprint density at radius 2 is 2.14 bits per heavy atom. The van der Waals surface area contributed by atoms with Crippen molar-refractivity contribution in [1.29, 1.82) is 0 Å². The van der Waals surface area contributed by atoms with Crippen LogP contribution in [0.5, 0.6) is 0 Å². The third-order valence-electron chi connectivity index (χ3n) is 10.7. The molecule has 2 heterocycles. The molecule has 1 aliphatic heterocycles. The zero-order valence-corrected chi connectivity index (χ0v) is 26.4. The number of rotatable bonds is 8. The van der Waals surface area contributed by atoms with Crippen LogP contribution in [0.25, 0.3) is 0 Å². The van der Waals surface area contributed by atoms with Crippen molar-refractivity contribution in [2.45, 2.75) is 90.3 Å². The Morgan fingerprint density at radius 1 is 1.36 bits per heavy atom. The number of carbonyl (C=O) groups excluding carboxylic acids is 2. The molecule has 10 nitrogen and oxygen atoms in total. The molecule has 42 heavy (non-hydrogen) atoms. The molecule has 2 unspecified atom stereocenters. The Morgan fingerprint density at radius 3 is 2.83 bits per heavy atom. The van der Waals surface area contributed by atoms with Crippen LogP contribution in [0.4, 0.5) is 0 Å². The molecule has 228 valence electrons. The summed E-state index contributed by atoms with van der Waals surface area (Å²) < 4.78 is 40.1. The van der Waals surface area contributed by atoms with E-state index in [9.17, 15) is 19.0 Å². The van der Waals surface area contributed by atoms with Crippen LogP contribution in [0.1, 0.15) is 66.2 Å². The summed E-state index contributed by atoms with van der Waals surface area (Å²) in [6, 6.07) is 0. The number of ketones is 1. The molecule has 1 saturated heterocycles. The van der Waals surface area contributed by atoms with Gasteiger partial charge in [-0.25, -0.2) is 13.9 Å². The predicted octanol–water partition coefficient (Wildman–Crippen LogP) is 4.90. The Bertz CT molecular complexity index is 1390. The van der Waals surface area contributed by atoms with Gasteiger partial charge in [-0.05, 0) is 56.1 Å². The quantitative estimate of drug-likeness (QED) is 0.320. The van der Waals surface area contributed by atoms with Crippen LogP contribution >= 0.6 is 16.6 Å². The normalized spacial score (nSPS) is 41.6. The van der Waals surface area contributed by atoms with Crippen LogP contribution in [0.2, 0.25) is 0 Å². The lowest BCUT2D eigenvalue weighted by Crippen LogP contribution is -2.63. The van der Waals surface area contributed by atoms with Gasteiger partial charge >= 0.3 is 13.7 Å². The van der Waals surface area contributed by atoms with Gasteiger partial charge < -0.3 is 19.1 Å². The molecule has 6 rings (SSSR count). The minimum Gasteiger partial charge on any atom is -0.461 e. The summed E-state index contributed by atoms with van der Waals surface area (Å²) in [5.74, 6) is -0.393. The minimum atomic E-state index is -4.32. The molecule has 12 heteroatoms. The first kappa shape index (κ1) is 30.1. The van der Waals surface area contributed by atoms with Gasteiger partial charge in [-0.1, -0.05) is 38.8 Å². The summed E-state index contributed by atoms with van der Waals surface area (Å²) in [6.07, 6.45) is 12.4. The molecule has 1 aromatic heterocycles. The number of hydrogen-bond acceptors (Lipinski definition) is 8. The molecule has 1 N–H and O–H groups in total. The molecule has 0 radical (unpaired) electrons. The molecule has 0 aromatic carbocycles. The smallest absolute Gasteiger partial charge is 0.437 e. The van der Waals surface area contributed by atoms with Crippen molar-refractivity contribution in [2.24, 2.45) is 28.6 Å². The number of imidazole rings is 1. The van der Waals surface area contributed by atoms with Gasteiger partial charge in [0, 0.05) is 41.4 Å². The fourth-order valence-electron chi connectivity index (χ4n) is 9.03. The van der Waals surface area contributed by atoms with Crippen molar-refractivity contribution in [1.82, 2.24) is 9.32 Å². The van der Waals surface area contributed by atoms with E-state index in [2.05, 4.69) is 34.6 Å². The first-order valence-electron chi connectivity index (χ1n) is 14.8. The number of aromatic nitrogens is 2. The first-order chi connectivity index (χ1) is 19.9. The summed E-state index contributed by atoms with van der Waals surface area (Å²) in [6.45, 7) is 7.77. The molecular formula is C30H40N2O8P2. The highest BCUT2D eigenvalue weighted by Crippen LogP contribution is 2.71. The monoisotopic (exact) mass is 618 g/mol. The maximum Gasteiger partial charge on any atom is 0.437 e. The van der Waals surface area contributed by atoms with E-state index in [1.807, 2.05) is 6.08 Å². The number of ether oxygens (including phenoxy) is 3. The van der Waals surface area contributed by atoms with Crippen LogP contribution in [0, 0.1) is 28.6 Å². The van der Waals surface area contributed by atoms with E-state index in [-0.39, 0.29) is 36.2 Å². The van der Waals surface area contributed by atoms with Crippen LogP contribution in [0.15, 0.2) is 42.5 Å². The highest BCUT2D eigenvalue weighted by molar-refractivity contribution is 7.51. The van der Waals surface area contributed by atoms with Gasteiger partial charge in [-0.15, -0.1) is 8.86 Å². The molecule has 1 aromatic rings. The molecule has 3 saturated carbocycles. The van der Waals surface area contributed by atoms with E-state index in [0.29, 0.717) is 11.7 Å². The topological polar surface area (TPSA) is 126 Å². The largest absolute Gasteiger partial charge is 0.461 e. The third kappa shape index (κ3) is 4.48. The fourth-order valence-corrected chi connectivity index (χ4v) is 10.7. The molecule has 0 bridgehead atoms. The highest BCUT2D eigenvalue weighted by atomic mass is 31.2. The first-order valence-corrected chi connectivity index (χ1v) is 16.9. The van der Waals surface area contributed by atoms with Gasteiger partial charge in [0.05, 0.1) is 12.2 Å². The predicted molar refractivity (Wildman–Crippen MR) is 157 cm³/mol. The SMILES string of the molecule is CCCC1O[C@@H]2C[C@H]3[C@@H]4CCC5=CC(=O)C=C[C@]5(C)[C@H]4[C@@H](OP(=O)(O)n4ccnc4)C[C@]3(C)[C@]2(C(=P)COC(C)=O)O1. The Kier molecular flexibility index (Phi) is 7.60. The van der Waals surface area contributed by atoms with Crippen LogP contribution in [-0.2, 0) is 32.9 Å². The van der Waals surface area contributed by atoms with Crippen molar-refractivity contribution in [3.05, 3.63) is 42.5 Å². The Labute approximate surface area is 248 Å². The van der Waals surface area contributed by atoms with E-state index >= 15 is 0 Å². The Hall–Kier alpha value is -1.93. The fraction of sp³-hybridized carbons (Fsp3) is 0.667. The third-order valence-corrected chi connectivity index (χ3v) is 12.6. The second-order valence-corrected chi connectivity index (χ2v) is 15.2. The lowest BCUT2D eigenvalue weighted by Gasteiger charge is -2.61. The average Bonchev–Trinajstić information content (AvgIpc) is 3.64. The van der Waals surface area contributed by atoms with Crippen LogP contribution in [0.3, 0.4) is 0 Å².